The number of aromatic nitrogens is 2. The summed E-state index contributed by atoms with van der Waals surface area (Å²) in [6.07, 6.45) is 0.996. The fourth-order valence-corrected chi connectivity index (χ4v) is 2.61. The molecule has 1 unspecified atom stereocenters. The van der Waals surface area contributed by atoms with E-state index in [-0.39, 0.29) is 12.0 Å². The Morgan fingerprint density at radius 2 is 1.90 bits per heavy atom. The van der Waals surface area contributed by atoms with Crippen LogP contribution in [0, 0.1) is 0 Å². The number of nitrogens with zero attached hydrogens (tertiary/aromatic N) is 4. The lowest BCUT2D eigenvalue weighted by Crippen LogP contribution is -2.50. The van der Waals surface area contributed by atoms with Crippen molar-refractivity contribution in [1.82, 2.24) is 19.9 Å². The van der Waals surface area contributed by atoms with Gasteiger partial charge >= 0.3 is 0 Å². The van der Waals surface area contributed by atoms with E-state index in [1.54, 1.807) is 0 Å². The van der Waals surface area contributed by atoms with E-state index in [0.29, 0.717) is 11.9 Å². The lowest BCUT2D eigenvalue weighted by molar-refractivity contribution is 0.0596. The van der Waals surface area contributed by atoms with Crippen molar-refractivity contribution < 1.29 is 9.63 Å². The van der Waals surface area contributed by atoms with E-state index in [1.165, 1.54) is 0 Å². The Balaban J connectivity index is 1.85. The summed E-state index contributed by atoms with van der Waals surface area (Å²) in [6, 6.07) is 0.296. The van der Waals surface area contributed by atoms with Gasteiger partial charge in [0, 0.05) is 37.6 Å². The van der Waals surface area contributed by atoms with Gasteiger partial charge in [-0.2, -0.15) is 4.98 Å². The lowest BCUT2D eigenvalue weighted by atomic mass is 9.97. The van der Waals surface area contributed by atoms with Crippen molar-refractivity contribution in [3.8, 4) is 0 Å². The molecular weight excluding hydrogens is 268 g/mol. The van der Waals surface area contributed by atoms with E-state index in [9.17, 15) is 5.11 Å². The van der Waals surface area contributed by atoms with Crippen LogP contribution in [0.4, 0.5) is 0 Å². The molecule has 0 spiro atoms. The molecule has 1 aromatic heterocycles. The SMILES string of the molecule is CCC(CO)N1CCN(Cc2noc(C(C)(C)C)n2)CC1. The maximum atomic E-state index is 9.37. The quantitative estimate of drug-likeness (QED) is 0.882. The summed E-state index contributed by atoms with van der Waals surface area (Å²) in [5.74, 6) is 1.46. The number of piperazine rings is 1. The molecule has 21 heavy (non-hydrogen) atoms. The molecule has 1 aliphatic rings. The summed E-state index contributed by atoms with van der Waals surface area (Å²) in [6.45, 7) is 13.3. The normalized spacial score (nSPS) is 19.9. The van der Waals surface area contributed by atoms with Gasteiger partial charge in [0.1, 0.15) is 0 Å². The fraction of sp³-hybridized carbons (Fsp3) is 0.867. The first-order valence-electron chi connectivity index (χ1n) is 7.84. The predicted molar refractivity (Wildman–Crippen MR) is 81.0 cm³/mol. The molecule has 120 valence electrons. The third kappa shape index (κ3) is 4.25. The highest BCUT2D eigenvalue weighted by molar-refractivity contribution is 4.98. The number of aliphatic hydroxyl groups is 1. The third-order valence-corrected chi connectivity index (χ3v) is 4.08. The molecular formula is C15H28N4O2. The molecule has 1 N–H and O–H groups in total. The summed E-state index contributed by atoms with van der Waals surface area (Å²) in [7, 11) is 0. The first-order chi connectivity index (χ1) is 9.94. The molecule has 0 aliphatic carbocycles. The van der Waals surface area contributed by atoms with Gasteiger partial charge in [-0.1, -0.05) is 32.9 Å². The average Bonchev–Trinajstić information content (AvgIpc) is 2.90. The maximum Gasteiger partial charge on any atom is 0.232 e. The smallest absolute Gasteiger partial charge is 0.232 e. The van der Waals surface area contributed by atoms with Gasteiger partial charge in [0.05, 0.1) is 13.2 Å². The summed E-state index contributed by atoms with van der Waals surface area (Å²) < 4.78 is 5.33. The van der Waals surface area contributed by atoms with Crippen LogP contribution < -0.4 is 0 Å². The van der Waals surface area contributed by atoms with E-state index < -0.39 is 0 Å². The first-order valence-corrected chi connectivity index (χ1v) is 7.84. The van der Waals surface area contributed by atoms with Crippen molar-refractivity contribution in [3.05, 3.63) is 11.7 Å². The molecule has 0 radical (unpaired) electrons. The molecule has 2 heterocycles. The zero-order valence-corrected chi connectivity index (χ0v) is 13.7. The van der Waals surface area contributed by atoms with Gasteiger partial charge in [-0.25, -0.2) is 0 Å². The summed E-state index contributed by atoms with van der Waals surface area (Å²) >= 11 is 0. The van der Waals surface area contributed by atoms with Crippen LogP contribution in [0.1, 0.15) is 45.8 Å². The van der Waals surface area contributed by atoms with Gasteiger partial charge in [-0.15, -0.1) is 0 Å². The summed E-state index contributed by atoms with van der Waals surface area (Å²) in [4.78, 5) is 9.20. The second-order valence-electron chi connectivity index (χ2n) is 6.82. The zero-order chi connectivity index (χ0) is 15.5. The Morgan fingerprint density at radius 1 is 1.24 bits per heavy atom. The molecule has 1 aliphatic heterocycles. The number of rotatable bonds is 5. The maximum absolute atomic E-state index is 9.37. The van der Waals surface area contributed by atoms with Crippen LogP contribution in [-0.4, -0.2) is 63.9 Å². The van der Waals surface area contributed by atoms with Gasteiger partial charge in [0.25, 0.3) is 0 Å². The highest BCUT2D eigenvalue weighted by Crippen LogP contribution is 2.20. The van der Waals surface area contributed by atoms with Crippen molar-refractivity contribution in [2.24, 2.45) is 0 Å². The van der Waals surface area contributed by atoms with Crippen LogP contribution >= 0.6 is 0 Å². The Hall–Kier alpha value is -0.980. The molecule has 0 bridgehead atoms. The number of aliphatic hydroxyl groups excluding tert-OH is 1. The number of hydrogen-bond acceptors (Lipinski definition) is 6. The monoisotopic (exact) mass is 296 g/mol. The Morgan fingerprint density at radius 3 is 2.38 bits per heavy atom. The molecule has 0 amide bonds. The van der Waals surface area contributed by atoms with Crippen LogP contribution in [0.25, 0.3) is 0 Å². The molecule has 1 saturated heterocycles. The van der Waals surface area contributed by atoms with E-state index >= 15 is 0 Å². The minimum Gasteiger partial charge on any atom is -0.395 e. The highest BCUT2D eigenvalue weighted by Gasteiger charge is 2.25. The van der Waals surface area contributed by atoms with E-state index in [0.717, 1.165) is 45.0 Å². The average molecular weight is 296 g/mol. The fourth-order valence-electron chi connectivity index (χ4n) is 2.61. The van der Waals surface area contributed by atoms with Gasteiger partial charge < -0.3 is 9.63 Å². The molecule has 1 fully saturated rings. The predicted octanol–water partition coefficient (Wildman–Crippen LogP) is 1.26. The van der Waals surface area contributed by atoms with Crippen LogP contribution in [-0.2, 0) is 12.0 Å². The summed E-state index contributed by atoms with van der Waals surface area (Å²) in [5.41, 5.74) is -0.0978. The van der Waals surface area contributed by atoms with Crippen molar-refractivity contribution in [1.29, 1.82) is 0 Å². The Labute approximate surface area is 127 Å². The minimum atomic E-state index is -0.0978. The molecule has 6 nitrogen and oxygen atoms in total. The van der Waals surface area contributed by atoms with Gasteiger partial charge in [0.15, 0.2) is 5.82 Å². The van der Waals surface area contributed by atoms with Gasteiger partial charge in [0.2, 0.25) is 5.89 Å². The molecule has 1 aromatic rings. The third-order valence-electron chi connectivity index (χ3n) is 4.08. The van der Waals surface area contributed by atoms with Gasteiger partial charge in [-0.05, 0) is 6.42 Å². The van der Waals surface area contributed by atoms with Crippen LogP contribution in [0.15, 0.2) is 4.52 Å². The van der Waals surface area contributed by atoms with Crippen LogP contribution in [0.5, 0.6) is 0 Å². The van der Waals surface area contributed by atoms with Crippen molar-refractivity contribution >= 4 is 0 Å². The van der Waals surface area contributed by atoms with Gasteiger partial charge in [-0.3, -0.25) is 9.80 Å². The van der Waals surface area contributed by atoms with Crippen molar-refractivity contribution in [3.63, 3.8) is 0 Å². The standard InChI is InChI=1S/C15H28N4O2/c1-5-12(11-20)19-8-6-18(7-9-19)10-13-16-14(21-17-13)15(2,3)4/h12,20H,5-11H2,1-4H3. The summed E-state index contributed by atoms with van der Waals surface area (Å²) in [5, 5.41) is 13.5. The second kappa shape index (κ2) is 6.85. The number of hydrogen-bond donors (Lipinski definition) is 1. The Bertz CT molecular complexity index is 429. The van der Waals surface area contributed by atoms with E-state index in [2.05, 4.69) is 47.6 Å². The van der Waals surface area contributed by atoms with E-state index in [4.69, 9.17) is 4.52 Å². The molecule has 1 atom stereocenters. The Kier molecular flexibility index (Phi) is 5.35. The minimum absolute atomic E-state index is 0.0978. The largest absolute Gasteiger partial charge is 0.395 e. The van der Waals surface area contributed by atoms with Crippen LogP contribution in [0.3, 0.4) is 0 Å². The van der Waals surface area contributed by atoms with E-state index in [1.807, 2.05) is 0 Å². The molecule has 0 aromatic carbocycles. The van der Waals surface area contributed by atoms with Crippen molar-refractivity contribution in [2.45, 2.75) is 52.1 Å². The second-order valence-corrected chi connectivity index (χ2v) is 6.82. The first kappa shape index (κ1) is 16.4. The zero-order valence-electron chi connectivity index (χ0n) is 13.7. The topological polar surface area (TPSA) is 65.6 Å². The van der Waals surface area contributed by atoms with Crippen molar-refractivity contribution in [2.75, 3.05) is 32.8 Å². The van der Waals surface area contributed by atoms with Crippen LogP contribution in [0.2, 0.25) is 0 Å². The lowest BCUT2D eigenvalue weighted by Gasteiger charge is -2.38. The molecule has 0 saturated carbocycles. The molecule has 2 rings (SSSR count). The highest BCUT2D eigenvalue weighted by atomic mass is 16.5. The molecule has 6 heteroatoms.